The van der Waals surface area contributed by atoms with Crippen LogP contribution in [0.25, 0.3) is 0 Å². The van der Waals surface area contributed by atoms with Gasteiger partial charge in [0, 0.05) is 62.5 Å². The number of nitrogens with two attached hydrogens (primary N) is 1. The fraction of sp³-hybridized carbons (Fsp3) is 0.528. The molecular weight excluding hydrogens is 596 g/mol. The molecule has 0 saturated carbocycles. The highest BCUT2D eigenvalue weighted by molar-refractivity contribution is 6.06. The van der Waals surface area contributed by atoms with Crippen molar-refractivity contribution in [2.45, 2.75) is 58.0 Å². The summed E-state index contributed by atoms with van der Waals surface area (Å²) in [5, 5.41) is 5.53. The van der Waals surface area contributed by atoms with Crippen LogP contribution in [0.3, 0.4) is 0 Å². The monoisotopic (exact) mass is 642 g/mol. The number of likely N-dealkylation sites (tertiary alicyclic amines) is 1. The van der Waals surface area contributed by atoms with E-state index in [1.807, 2.05) is 19.2 Å². The number of imide groups is 1. The number of carbonyl (C=O) groups excluding carboxylic acids is 3. The van der Waals surface area contributed by atoms with E-state index in [1.165, 1.54) is 36.9 Å². The number of carbonyl (C=O) groups is 3. The summed E-state index contributed by atoms with van der Waals surface area (Å²) in [6.07, 6.45) is 5.38. The molecule has 47 heavy (non-hydrogen) atoms. The Hall–Kier alpha value is -4.27. The van der Waals surface area contributed by atoms with E-state index in [-0.39, 0.29) is 24.8 Å². The molecule has 2 aromatic rings. The number of amides is 3. The molecule has 3 saturated heterocycles. The van der Waals surface area contributed by atoms with E-state index in [4.69, 9.17) is 15.2 Å². The van der Waals surface area contributed by atoms with Gasteiger partial charge in [-0.2, -0.15) is 0 Å². The molecule has 11 nitrogen and oxygen atoms in total. The lowest BCUT2D eigenvalue weighted by Crippen LogP contribution is -2.52. The lowest BCUT2D eigenvalue weighted by atomic mass is 9.71. The standard InChI is InChI=1S/C36H46N6O5/c1-24-21-28(37)32(46-3)22-31(24)41-16-12-36(13-17-41)10-14-40(15-11-36)18-20-47-19-4-5-25-27-23-42(30-8-9-33(43)39-34(30)44)35(45)26(27)6-7-29(25)38-2/h6-7,21-22,30,38H,8-20,23,37H2,1-3H3,(H,39,43,44). The van der Waals surface area contributed by atoms with Crippen LogP contribution >= 0.6 is 0 Å². The number of fused-ring (bicyclic) bond motifs is 1. The second kappa shape index (κ2) is 13.8. The van der Waals surface area contributed by atoms with Crippen LogP contribution in [0.4, 0.5) is 17.1 Å². The summed E-state index contributed by atoms with van der Waals surface area (Å²) >= 11 is 0. The molecule has 2 aromatic carbocycles. The van der Waals surface area contributed by atoms with E-state index >= 15 is 0 Å². The lowest BCUT2D eigenvalue weighted by Gasteiger charge is -2.47. The highest BCUT2D eigenvalue weighted by atomic mass is 16.5. The van der Waals surface area contributed by atoms with Crippen molar-refractivity contribution in [2.75, 3.05) is 76.0 Å². The number of hydrogen-bond acceptors (Lipinski definition) is 9. The summed E-state index contributed by atoms with van der Waals surface area (Å²) in [6.45, 7) is 8.47. The molecule has 4 N–H and O–H groups in total. The average Bonchev–Trinajstić information content (AvgIpc) is 3.40. The first-order valence-electron chi connectivity index (χ1n) is 16.7. The molecule has 4 heterocycles. The van der Waals surface area contributed by atoms with E-state index in [1.54, 1.807) is 18.1 Å². The Morgan fingerprint density at radius 1 is 1.09 bits per heavy atom. The van der Waals surface area contributed by atoms with E-state index < -0.39 is 11.9 Å². The number of nitrogen functional groups attached to an aromatic ring is 1. The van der Waals surface area contributed by atoms with Crippen molar-refractivity contribution >= 4 is 34.8 Å². The number of benzene rings is 2. The molecule has 1 spiro atoms. The Bertz CT molecular complexity index is 1590. The number of methoxy groups -OCH3 is 1. The van der Waals surface area contributed by atoms with Gasteiger partial charge in [0.25, 0.3) is 5.91 Å². The molecule has 3 amide bonds. The van der Waals surface area contributed by atoms with Crippen LogP contribution in [0.15, 0.2) is 24.3 Å². The van der Waals surface area contributed by atoms with E-state index in [2.05, 4.69) is 45.3 Å². The molecule has 0 bridgehead atoms. The number of rotatable bonds is 8. The van der Waals surface area contributed by atoms with Crippen molar-refractivity contribution < 1.29 is 23.9 Å². The van der Waals surface area contributed by atoms with E-state index in [9.17, 15) is 14.4 Å². The minimum Gasteiger partial charge on any atom is -0.495 e. The summed E-state index contributed by atoms with van der Waals surface area (Å²) in [5.74, 6) is 6.19. The van der Waals surface area contributed by atoms with E-state index in [0.717, 1.165) is 55.3 Å². The summed E-state index contributed by atoms with van der Waals surface area (Å²) < 4.78 is 11.4. The maximum atomic E-state index is 13.2. The van der Waals surface area contributed by atoms with Gasteiger partial charge in [-0.15, -0.1) is 0 Å². The highest BCUT2D eigenvalue weighted by Gasteiger charge is 2.40. The number of nitrogens with zero attached hydrogens (tertiary/aromatic N) is 3. The minimum atomic E-state index is -0.657. The molecule has 1 unspecified atom stereocenters. The second-order valence-corrected chi connectivity index (χ2v) is 13.2. The molecule has 6 rings (SSSR count). The third-order valence-electron chi connectivity index (χ3n) is 10.6. The molecule has 1 atom stereocenters. The Morgan fingerprint density at radius 2 is 1.83 bits per heavy atom. The number of nitrogens with one attached hydrogen (secondary N) is 2. The zero-order chi connectivity index (χ0) is 33.1. The average molecular weight is 643 g/mol. The largest absolute Gasteiger partial charge is 0.495 e. The predicted molar refractivity (Wildman–Crippen MR) is 181 cm³/mol. The van der Waals surface area contributed by atoms with Crippen molar-refractivity contribution in [3.63, 3.8) is 0 Å². The van der Waals surface area contributed by atoms with Crippen molar-refractivity contribution in [1.29, 1.82) is 0 Å². The van der Waals surface area contributed by atoms with Gasteiger partial charge in [-0.3, -0.25) is 19.7 Å². The minimum absolute atomic E-state index is 0.206. The van der Waals surface area contributed by atoms with Gasteiger partial charge < -0.3 is 35.2 Å². The number of hydrogen-bond donors (Lipinski definition) is 3. The molecular formula is C36H46N6O5. The van der Waals surface area contributed by atoms with Crippen LogP contribution in [-0.4, -0.2) is 93.7 Å². The summed E-state index contributed by atoms with van der Waals surface area (Å²) in [4.78, 5) is 43.8. The SMILES string of the molecule is CNc1ccc2c(c1C#CCOCCN1CCC3(CC1)CCN(c1cc(OC)c(N)cc1C)CC3)CN(C1CCC(=O)NC1=O)C2=O. The fourth-order valence-electron chi connectivity index (χ4n) is 7.62. The molecule has 250 valence electrons. The van der Waals surface area contributed by atoms with Crippen molar-refractivity contribution in [3.8, 4) is 17.6 Å². The van der Waals surface area contributed by atoms with E-state index in [0.29, 0.717) is 36.3 Å². The van der Waals surface area contributed by atoms with Crippen LogP contribution in [0.2, 0.25) is 0 Å². The van der Waals surface area contributed by atoms with Gasteiger partial charge in [-0.1, -0.05) is 11.8 Å². The van der Waals surface area contributed by atoms with Crippen molar-refractivity contribution in [2.24, 2.45) is 5.41 Å². The number of anilines is 3. The van der Waals surface area contributed by atoms with Gasteiger partial charge in [-0.25, -0.2) is 0 Å². The zero-order valence-corrected chi connectivity index (χ0v) is 27.7. The van der Waals surface area contributed by atoms with Crippen LogP contribution in [0, 0.1) is 24.2 Å². The molecule has 0 aliphatic carbocycles. The third kappa shape index (κ3) is 6.76. The van der Waals surface area contributed by atoms with Gasteiger partial charge in [0.1, 0.15) is 18.4 Å². The van der Waals surface area contributed by atoms with Gasteiger partial charge >= 0.3 is 0 Å². The summed E-state index contributed by atoms with van der Waals surface area (Å²) in [6, 6.07) is 7.06. The van der Waals surface area contributed by atoms with Crippen LogP contribution in [0.5, 0.6) is 5.75 Å². The quantitative estimate of drug-likeness (QED) is 0.172. The molecule has 4 aliphatic heterocycles. The normalized spacial score (nSPS) is 20.9. The number of aryl methyl sites for hydroxylation is 1. The molecule has 4 aliphatic rings. The van der Waals surface area contributed by atoms with Gasteiger partial charge in [-0.05, 0) is 81.3 Å². The van der Waals surface area contributed by atoms with Gasteiger partial charge in [0.05, 0.1) is 30.7 Å². The van der Waals surface area contributed by atoms with Crippen molar-refractivity contribution in [1.82, 2.24) is 15.1 Å². The van der Waals surface area contributed by atoms with Gasteiger partial charge in [0.2, 0.25) is 11.8 Å². The first kappa shape index (κ1) is 32.7. The maximum absolute atomic E-state index is 13.2. The molecule has 11 heteroatoms. The maximum Gasteiger partial charge on any atom is 0.255 e. The first-order chi connectivity index (χ1) is 22.7. The first-order valence-corrected chi connectivity index (χ1v) is 16.7. The Morgan fingerprint density at radius 3 is 2.53 bits per heavy atom. The molecule has 0 aromatic heterocycles. The number of piperidine rings is 3. The number of ether oxygens (including phenoxy) is 2. The van der Waals surface area contributed by atoms with Crippen LogP contribution in [-0.2, 0) is 20.9 Å². The predicted octanol–water partition coefficient (Wildman–Crippen LogP) is 3.14. The van der Waals surface area contributed by atoms with Gasteiger partial charge in [0.15, 0.2) is 0 Å². The Labute approximate surface area is 277 Å². The smallest absolute Gasteiger partial charge is 0.255 e. The molecule has 0 radical (unpaired) electrons. The summed E-state index contributed by atoms with van der Waals surface area (Å²) in [7, 11) is 3.49. The van der Waals surface area contributed by atoms with Crippen LogP contribution in [0.1, 0.15) is 65.6 Å². The second-order valence-electron chi connectivity index (χ2n) is 13.2. The fourth-order valence-corrected chi connectivity index (χ4v) is 7.62. The van der Waals surface area contributed by atoms with Crippen molar-refractivity contribution in [3.05, 3.63) is 46.5 Å². The topological polar surface area (TPSA) is 129 Å². The highest BCUT2D eigenvalue weighted by Crippen LogP contribution is 2.43. The third-order valence-corrected chi connectivity index (χ3v) is 10.6. The zero-order valence-electron chi connectivity index (χ0n) is 27.7. The molecule has 3 fully saturated rings. The van der Waals surface area contributed by atoms with Crippen LogP contribution < -0.4 is 26.0 Å². The lowest BCUT2D eigenvalue weighted by molar-refractivity contribution is -0.136. The Balaban J connectivity index is 0.966. The Kier molecular flexibility index (Phi) is 9.62. The summed E-state index contributed by atoms with van der Waals surface area (Å²) in [5.41, 5.74) is 12.6.